The topological polar surface area (TPSA) is 55.6 Å². The molecule has 6 heteroatoms. The Morgan fingerprint density at radius 1 is 1.50 bits per heavy atom. The molecule has 0 spiro atoms. The van der Waals surface area contributed by atoms with Crippen molar-refractivity contribution in [2.75, 3.05) is 13.1 Å². The van der Waals surface area contributed by atoms with E-state index < -0.39 is 0 Å². The van der Waals surface area contributed by atoms with E-state index in [1.165, 1.54) is 12.5 Å². The van der Waals surface area contributed by atoms with Crippen LogP contribution in [0.5, 0.6) is 5.88 Å². The Hall–Kier alpha value is -1.82. The van der Waals surface area contributed by atoms with E-state index in [4.69, 9.17) is 9.15 Å². The van der Waals surface area contributed by atoms with Crippen molar-refractivity contribution in [3.05, 3.63) is 47.0 Å². The van der Waals surface area contributed by atoms with Crippen molar-refractivity contribution >= 4 is 21.8 Å². The van der Waals surface area contributed by atoms with Crippen molar-refractivity contribution < 1.29 is 13.9 Å². The first-order valence-corrected chi connectivity index (χ1v) is 7.12. The van der Waals surface area contributed by atoms with Crippen molar-refractivity contribution in [1.29, 1.82) is 0 Å². The highest BCUT2D eigenvalue weighted by atomic mass is 79.9. The number of likely N-dealkylation sites (tertiary alicyclic amines) is 1. The molecule has 1 aliphatic rings. The second-order valence-corrected chi connectivity index (χ2v) is 5.44. The smallest absolute Gasteiger partial charge is 0.257 e. The lowest BCUT2D eigenvalue weighted by atomic mass is 10.3. The number of hydrogen-bond donors (Lipinski definition) is 0. The number of amides is 1. The number of hydrogen-bond acceptors (Lipinski definition) is 4. The number of nitrogens with zero attached hydrogens (tertiary/aromatic N) is 2. The summed E-state index contributed by atoms with van der Waals surface area (Å²) in [5.41, 5.74) is 0.574. The molecule has 2 aromatic heterocycles. The number of carbonyl (C=O) groups excluding carboxylic acids is 1. The standard InChI is InChI=1S/C14H13BrN2O3/c15-12-2-1-5-16-13(12)20-11-3-6-17(8-11)14(18)10-4-7-19-9-10/h1-2,4-5,7,9,11H,3,6,8H2/t11-/m1/s1. The number of aromatic nitrogens is 1. The van der Waals surface area contributed by atoms with E-state index >= 15 is 0 Å². The lowest BCUT2D eigenvalue weighted by molar-refractivity contribution is 0.0770. The average Bonchev–Trinajstić information content (AvgIpc) is 3.12. The highest BCUT2D eigenvalue weighted by molar-refractivity contribution is 9.10. The molecule has 1 atom stereocenters. The van der Waals surface area contributed by atoms with Gasteiger partial charge in [-0.05, 0) is 34.1 Å². The Bertz CT molecular complexity index is 600. The summed E-state index contributed by atoms with van der Waals surface area (Å²) >= 11 is 3.40. The molecule has 2 aromatic rings. The van der Waals surface area contributed by atoms with Gasteiger partial charge in [0.15, 0.2) is 0 Å². The monoisotopic (exact) mass is 336 g/mol. The molecule has 0 bridgehead atoms. The van der Waals surface area contributed by atoms with Crippen LogP contribution < -0.4 is 4.74 Å². The maximum Gasteiger partial charge on any atom is 0.257 e. The lowest BCUT2D eigenvalue weighted by Crippen LogP contribution is -2.30. The van der Waals surface area contributed by atoms with E-state index in [2.05, 4.69) is 20.9 Å². The zero-order valence-electron chi connectivity index (χ0n) is 10.7. The van der Waals surface area contributed by atoms with Gasteiger partial charge in [-0.1, -0.05) is 0 Å². The molecular formula is C14H13BrN2O3. The first-order chi connectivity index (χ1) is 9.74. The number of ether oxygens (including phenoxy) is 1. The Balaban J connectivity index is 1.63. The molecular weight excluding hydrogens is 324 g/mol. The van der Waals surface area contributed by atoms with Gasteiger partial charge in [0.2, 0.25) is 5.88 Å². The fraction of sp³-hybridized carbons (Fsp3) is 0.286. The minimum Gasteiger partial charge on any atom is -0.472 e. The molecule has 1 fully saturated rings. The third kappa shape index (κ3) is 2.70. The minimum atomic E-state index is -0.0305. The predicted molar refractivity (Wildman–Crippen MR) is 75.6 cm³/mol. The molecule has 3 heterocycles. The van der Waals surface area contributed by atoms with Crippen molar-refractivity contribution in [1.82, 2.24) is 9.88 Å². The van der Waals surface area contributed by atoms with Gasteiger partial charge in [-0.25, -0.2) is 4.98 Å². The molecule has 0 unspecified atom stereocenters. The van der Waals surface area contributed by atoms with E-state index in [1.54, 1.807) is 17.2 Å². The average molecular weight is 337 g/mol. The van der Waals surface area contributed by atoms with E-state index in [-0.39, 0.29) is 12.0 Å². The fourth-order valence-corrected chi connectivity index (χ4v) is 2.54. The molecule has 104 valence electrons. The van der Waals surface area contributed by atoms with Crippen LogP contribution in [0.4, 0.5) is 0 Å². The summed E-state index contributed by atoms with van der Waals surface area (Å²) in [6.45, 7) is 1.24. The highest BCUT2D eigenvalue weighted by Crippen LogP contribution is 2.25. The molecule has 0 saturated carbocycles. The van der Waals surface area contributed by atoms with Gasteiger partial charge in [0.25, 0.3) is 5.91 Å². The quantitative estimate of drug-likeness (QED) is 0.864. The third-order valence-corrected chi connectivity index (χ3v) is 3.81. The normalized spacial score (nSPS) is 18.2. The van der Waals surface area contributed by atoms with Crippen LogP contribution in [0.3, 0.4) is 0 Å². The van der Waals surface area contributed by atoms with Crippen LogP contribution in [0, 0.1) is 0 Å². The van der Waals surface area contributed by atoms with Gasteiger partial charge in [-0.3, -0.25) is 4.79 Å². The van der Waals surface area contributed by atoms with Crippen LogP contribution in [0.15, 0.2) is 45.8 Å². The van der Waals surface area contributed by atoms with E-state index in [0.29, 0.717) is 24.5 Å². The van der Waals surface area contributed by atoms with Crippen LogP contribution in [-0.2, 0) is 0 Å². The zero-order valence-corrected chi connectivity index (χ0v) is 12.2. The van der Waals surface area contributed by atoms with Gasteiger partial charge >= 0.3 is 0 Å². The number of rotatable bonds is 3. The minimum absolute atomic E-state index is 0.0232. The maximum atomic E-state index is 12.2. The fourth-order valence-electron chi connectivity index (χ4n) is 2.19. The first kappa shape index (κ1) is 13.2. The Kier molecular flexibility index (Phi) is 3.73. The largest absolute Gasteiger partial charge is 0.472 e. The SMILES string of the molecule is O=C(c1ccoc1)N1CC[C@@H](Oc2ncccc2Br)C1. The van der Waals surface area contributed by atoms with Crippen molar-refractivity contribution in [3.63, 3.8) is 0 Å². The van der Waals surface area contributed by atoms with Crippen LogP contribution in [0.2, 0.25) is 0 Å². The number of halogens is 1. The molecule has 0 aliphatic carbocycles. The van der Waals surface area contributed by atoms with E-state index in [9.17, 15) is 4.79 Å². The van der Waals surface area contributed by atoms with E-state index in [0.717, 1.165) is 10.9 Å². The molecule has 1 aliphatic heterocycles. The molecule has 1 saturated heterocycles. The molecule has 20 heavy (non-hydrogen) atoms. The summed E-state index contributed by atoms with van der Waals surface area (Å²) in [5.74, 6) is 0.542. The lowest BCUT2D eigenvalue weighted by Gasteiger charge is -2.16. The molecule has 0 N–H and O–H groups in total. The van der Waals surface area contributed by atoms with Crippen LogP contribution in [-0.4, -0.2) is 35.0 Å². The van der Waals surface area contributed by atoms with E-state index in [1.807, 2.05) is 12.1 Å². The predicted octanol–water partition coefficient (Wildman–Crippen LogP) is 2.73. The number of furan rings is 1. The van der Waals surface area contributed by atoms with Gasteiger partial charge in [-0.2, -0.15) is 0 Å². The summed E-state index contributed by atoms with van der Waals surface area (Å²) in [6, 6.07) is 5.39. The maximum absolute atomic E-state index is 12.2. The summed E-state index contributed by atoms with van der Waals surface area (Å²) in [6.07, 6.45) is 5.42. The summed E-state index contributed by atoms with van der Waals surface area (Å²) in [5, 5.41) is 0. The van der Waals surface area contributed by atoms with Crippen LogP contribution in [0.25, 0.3) is 0 Å². The van der Waals surface area contributed by atoms with Crippen molar-refractivity contribution in [2.45, 2.75) is 12.5 Å². The Labute approximate surface area is 124 Å². The van der Waals surface area contributed by atoms with Crippen molar-refractivity contribution in [3.8, 4) is 5.88 Å². The van der Waals surface area contributed by atoms with Gasteiger partial charge in [-0.15, -0.1) is 0 Å². The van der Waals surface area contributed by atoms with Crippen LogP contribution >= 0.6 is 15.9 Å². The summed E-state index contributed by atoms with van der Waals surface area (Å²) < 4.78 is 11.6. The van der Waals surface area contributed by atoms with Crippen LogP contribution in [0.1, 0.15) is 16.8 Å². The summed E-state index contributed by atoms with van der Waals surface area (Å²) in [7, 11) is 0. The number of carbonyl (C=O) groups is 1. The highest BCUT2D eigenvalue weighted by Gasteiger charge is 2.29. The van der Waals surface area contributed by atoms with Gasteiger partial charge in [0.1, 0.15) is 12.4 Å². The molecule has 0 aromatic carbocycles. The zero-order chi connectivity index (χ0) is 13.9. The molecule has 0 radical (unpaired) electrons. The first-order valence-electron chi connectivity index (χ1n) is 6.32. The molecule has 5 nitrogen and oxygen atoms in total. The van der Waals surface area contributed by atoms with Crippen molar-refractivity contribution in [2.24, 2.45) is 0 Å². The molecule has 1 amide bonds. The van der Waals surface area contributed by atoms with Gasteiger partial charge in [0.05, 0.1) is 22.8 Å². The van der Waals surface area contributed by atoms with Gasteiger partial charge in [0, 0.05) is 19.2 Å². The summed E-state index contributed by atoms with van der Waals surface area (Å²) in [4.78, 5) is 18.1. The molecule has 3 rings (SSSR count). The second-order valence-electron chi connectivity index (χ2n) is 4.58. The Morgan fingerprint density at radius 2 is 2.40 bits per heavy atom. The Morgan fingerprint density at radius 3 is 3.15 bits per heavy atom. The second kappa shape index (κ2) is 5.66. The van der Waals surface area contributed by atoms with Gasteiger partial charge < -0.3 is 14.1 Å². The number of pyridine rings is 1. The third-order valence-electron chi connectivity index (χ3n) is 3.20.